The number of nitrogens with zero attached hydrogens (tertiary/aromatic N) is 4. The summed E-state index contributed by atoms with van der Waals surface area (Å²) in [5.74, 6) is 0.829. The number of benzene rings is 1. The van der Waals surface area contributed by atoms with Gasteiger partial charge >= 0.3 is 0 Å². The van der Waals surface area contributed by atoms with Gasteiger partial charge in [-0.3, -0.25) is 4.79 Å². The number of carbonyl (C=O) groups excluding carboxylic acids is 1. The maximum Gasteiger partial charge on any atom is 0.232 e. The number of hydrogen-bond donors (Lipinski definition) is 1. The Kier molecular flexibility index (Phi) is 3.00. The van der Waals surface area contributed by atoms with Crippen molar-refractivity contribution in [3.8, 4) is 11.3 Å². The van der Waals surface area contributed by atoms with Crippen molar-refractivity contribution in [2.75, 3.05) is 4.90 Å². The number of nitrogens with one attached hydrogen (secondary N) is 1. The van der Waals surface area contributed by atoms with Gasteiger partial charge in [-0.05, 0) is 6.92 Å². The zero-order valence-electron chi connectivity index (χ0n) is 10.6. The number of aromatic nitrogens is 4. The molecule has 0 fully saturated rings. The first-order valence-corrected chi connectivity index (χ1v) is 5.93. The lowest BCUT2D eigenvalue weighted by atomic mass is 10.1. The van der Waals surface area contributed by atoms with E-state index in [0.717, 1.165) is 5.56 Å². The third kappa shape index (κ3) is 1.95. The van der Waals surface area contributed by atoms with Crippen molar-refractivity contribution in [2.45, 2.75) is 6.92 Å². The number of rotatable bonds is 4. The van der Waals surface area contributed by atoms with E-state index in [1.165, 1.54) is 11.2 Å². The largest absolute Gasteiger partial charge is 0.359 e. The smallest absolute Gasteiger partial charge is 0.232 e. The molecule has 0 aliphatic carbocycles. The summed E-state index contributed by atoms with van der Waals surface area (Å²) in [5, 5.41) is 10.4. The molecule has 7 heteroatoms. The highest BCUT2D eigenvalue weighted by Gasteiger charge is 2.23. The van der Waals surface area contributed by atoms with Crippen LogP contribution in [-0.2, 0) is 4.79 Å². The normalized spacial score (nSPS) is 10.4. The fourth-order valence-electron chi connectivity index (χ4n) is 1.96. The average molecular weight is 269 g/mol. The molecule has 1 amide bonds. The second kappa shape index (κ2) is 4.96. The number of aryl methyl sites for hydroxylation is 1. The molecule has 3 aromatic rings. The summed E-state index contributed by atoms with van der Waals surface area (Å²) in [6.07, 6.45) is 1.98. The molecule has 0 aliphatic heterocycles. The first kappa shape index (κ1) is 12.1. The van der Waals surface area contributed by atoms with Crippen molar-refractivity contribution in [2.24, 2.45) is 0 Å². The highest BCUT2D eigenvalue weighted by Crippen LogP contribution is 2.34. The fraction of sp³-hybridized carbons (Fsp3) is 0.0769. The molecule has 1 N–H and O–H groups in total. The lowest BCUT2D eigenvalue weighted by Gasteiger charge is -2.13. The molecule has 1 aromatic carbocycles. The van der Waals surface area contributed by atoms with E-state index in [1.54, 1.807) is 6.92 Å². The van der Waals surface area contributed by atoms with Gasteiger partial charge in [0.15, 0.2) is 5.76 Å². The van der Waals surface area contributed by atoms with Gasteiger partial charge in [0.1, 0.15) is 17.7 Å². The molecular weight excluding hydrogens is 258 g/mol. The Morgan fingerprint density at radius 2 is 2.10 bits per heavy atom. The highest BCUT2D eigenvalue weighted by molar-refractivity contribution is 5.91. The van der Waals surface area contributed by atoms with Gasteiger partial charge in [-0.1, -0.05) is 35.5 Å². The third-order valence-electron chi connectivity index (χ3n) is 2.86. The number of anilines is 2. The van der Waals surface area contributed by atoms with Crippen LogP contribution in [0.1, 0.15) is 5.76 Å². The zero-order chi connectivity index (χ0) is 13.9. The molecule has 3 rings (SSSR count). The van der Waals surface area contributed by atoms with Crippen LogP contribution in [0, 0.1) is 6.92 Å². The summed E-state index contributed by atoms with van der Waals surface area (Å²) in [7, 11) is 0. The van der Waals surface area contributed by atoms with Crippen LogP contribution in [0.3, 0.4) is 0 Å². The Morgan fingerprint density at radius 3 is 2.75 bits per heavy atom. The van der Waals surface area contributed by atoms with Crippen LogP contribution in [0.25, 0.3) is 11.3 Å². The van der Waals surface area contributed by atoms with Crippen LogP contribution in [0.2, 0.25) is 0 Å². The molecule has 100 valence electrons. The first-order chi connectivity index (χ1) is 9.81. The minimum atomic E-state index is 0.309. The Hall–Kier alpha value is -2.96. The Morgan fingerprint density at radius 1 is 1.30 bits per heavy atom. The molecule has 2 aromatic heterocycles. The van der Waals surface area contributed by atoms with E-state index in [1.807, 2.05) is 30.3 Å². The van der Waals surface area contributed by atoms with Crippen LogP contribution < -0.4 is 4.90 Å². The number of H-pyrrole nitrogens is 1. The monoisotopic (exact) mass is 269 g/mol. The van der Waals surface area contributed by atoms with Gasteiger partial charge in [0.2, 0.25) is 12.4 Å². The number of aromatic amines is 1. The quantitative estimate of drug-likeness (QED) is 0.732. The first-order valence-electron chi connectivity index (χ1n) is 5.93. The molecule has 0 spiro atoms. The van der Waals surface area contributed by atoms with E-state index in [0.29, 0.717) is 29.5 Å². The second-order valence-corrected chi connectivity index (χ2v) is 4.09. The number of hydrogen-bond acceptors (Lipinski definition) is 5. The molecule has 2 heterocycles. The van der Waals surface area contributed by atoms with Crippen molar-refractivity contribution in [3.63, 3.8) is 0 Å². The highest BCUT2D eigenvalue weighted by atomic mass is 16.5. The zero-order valence-corrected chi connectivity index (χ0v) is 10.6. The summed E-state index contributed by atoms with van der Waals surface area (Å²) in [4.78, 5) is 16.7. The molecule has 0 bridgehead atoms. The van der Waals surface area contributed by atoms with Gasteiger partial charge in [0.05, 0.1) is 0 Å². The minimum Gasteiger partial charge on any atom is -0.359 e. The Labute approximate surface area is 114 Å². The van der Waals surface area contributed by atoms with Gasteiger partial charge in [-0.25, -0.2) is 10.00 Å². The summed E-state index contributed by atoms with van der Waals surface area (Å²) < 4.78 is 5.22. The Bertz CT molecular complexity index is 706. The molecule has 0 saturated carbocycles. The fourth-order valence-corrected chi connectivity index (χ4v) is 1.96. The van der Waals surface area contributed by atoms with E-state index in [-0.39, 0.29) is 0 Å². The van der Waals surface area contributed by atoms with Crippen molar-refractivity contribution < 1.29 is 9.32 Å². The van der Waals surface area contributed by atoms with Gasteiger partial charge in [-0.2, -0.15) is 10.1 Å². The van der Waals surface area contributed by atoms with Gasteiger partial charge in [0, 0.05) is 5.56 Å². The summed E-state index contributed by atoms with van der Waals surface area (Å²) >= 11 is 0. The molecule has 7 nitrogen and oxygen atoms in total. The van der Waals surface area contributed by atoms with Gasteiger partial charge in [-0.15, -0.1) is 0 Å². The van der Waals surface area contributed by atoms with Crippen LogP contribution in [0.4, 0.5) is 11.6 Å². The summed E-state index contributed by atoms with van der Waals surface area (Å²) in [6, 6.07) is 9.48. The van der Waals surface area contributed by atoms with E-state index in [9.17, 15) is 4.79 Å². The predicted molar refractivity (Wildman–Crippen MR) is 71.3 cm³/mol. The molecule has 20 heavy (non-hydrogen) atoms. The molecule has 0 aliphatic rings. The van der Waals surface area contributed by atoms with Gasteiger partial charge in [0.25, 0.3) is 0 Å². The molecule has 0 atom stereocenters. The van der Waals surface area contributed by atoms with Crippen LogP contribution in [0.5, 0.6) is 0 Å². The number of carbonyl (C=O) groups is 1. The second-order valence-electron chi connectivity index (χ2n) is 4.09. The van der Waals surface area contributed by atoms with Crippen LogP contribution >= 0.6 is 0 Å². The molecule has 0 unspecified atom stereocenters. The molecular formula is C13H11N5O2. The standard InChI is InChI=1S/C13H11N5O2/c1-9-12(18(8-19)13-14-7-15-16-13)11(17-20-9)10-5-3-2-4-6-10/h2-8H,1H3,(H,14,15,16). The summed E-state index contributed by atoms with van der Waals surface area (Å²) in [6.45, 7) is 1.74. The van der Waals surface area contributed by atoms with E-state index in [4.69, 9.17) is 4.52 Å². The van der Waals surface area contributed by atoms with E-state index >= 15 is 0 Å². The van der Waals surface area contributed by atoms with Crippen molar-refractivity contribution in [1.29, 1.82) is 0 Å². The van der Waals surface area contributed by atoms with E-state index in [2.05, 4.69) is 20.3 Å². The lowest BCUT2D eigenvalue weighted by molar-refractivity contribution is -0.106. The topological polar surface area (TPSA) is 87.9 Å². The lowest BCUT2D eigenvalue weighted by Crippen LogP contribution is -2.16. The predicted octanol–water partition coefficient (Wildman–Crippen LogP) is 2.06. The van der Waals surface area contributed by atoms with Crippen LogP contribution in [-0.4, -0.2) is 26.7 Å². The van der Waals surface area contributed by atoms with Crippen molar-refractivity contribution in [3.05, 3.63) is 42.4 Å². The Balaban J connectivity index is 2.14. The minimum absolute atomic E-state index is 0.309. The average Bonchev–Trinajstić information content (AvgIpc) is 3.12. The van der Waals surface area contributed by atoms with Crippen molar-refractivity contribution >= 4 is 18.0 Å². The SMILES string of the molecule is Cc1onc(-c2ccccc2)c1N(C=O)c1ncn[nH]1. The van der Waals surface area contributed by atoms with E-state index < -0.39 is 0 Å². The maximum atomic E-state index is 11.4. The van der Waals surface area contributed by atoms with Gasteiger partial charge < -0.3 is 4.52 Å². The number of amides is 1. The maximum absolute atomic E-state index is 11.4. The third-order valence-corrected chi connectivity index (χ3v) is 2.86. The summed E-state index contributed by atoms with van der Waals surface area (Å²) in [5.41, 5.74) is 1.97. The molecule has 0 radical (unpaired) electrons. The van der Waals surface area contributed by atoms with Crippen molar-refractivity contribution in [1.82, 2.24) is 20.3 Å². The van der Waals surface area contributed by atoms with Crippen LogP contribution in [0.15, 0.2) is 41.2 Å². The molecule has 0 saturated heterocycles.